The fraction of sp³-hybridized carbons (Fsp3) is 0.500. The second-order valence-electron chi connectivity index (χ2n) is 11.0. The summed E-state index contributed by atoms with van der Waals surface area (Å²) in [5.41, 5.74) is -0.868. The normalized spacial score (nSPS) is 18.7. The van der Waals surface area contributed by atoms with Gasteiger partial charge in [0.25, 0.3) is 5.56 Å². The number of aliphatic hydroxyl groups excluding tert-OH is 1. The minimum Gasteiger partial charge on any atom is -0.507 e. The van der Waals surface area contributed by atoms with E-state index in [-0.39, 0.29) is 43.5 Å². The molecule has 0 amide bonds. The number of pyridine rings is 1. The Labute approximate surface area is 246 Å². The Hall–Kier alpha value is -2.24. The lowest BCUT2D eigenvalue weighted by Gasteiger charge is -2.40. The number of likely N-dealkylation sites (tertiary alicyclic amines) is 2. The van der Waals surface area contributed by atoms with Gasteiger partial charge in [-0.1, -0.05) is 18.0 Å². The van der Waals surface area contributed by atoms with Crippen molar-refractivity contribution in [2.45, 2.75) is 61.7 Å². The van der Waals surface area contributed by atoms with Crippen LogP contribution in [0.25, 0.3) is 22.0 Å². The highest BCUT2D eigenvalue weighted by atomic mass is 35.5. The molecule has 11 heteroatoms. The number of piperidine rings is 2. The van der Waals surface area contributed by atoms with Gasteiger partial charge in [0.05, 0.1) is 16.6 Å². The zero-order valence-corrected chi connectivity index (χ0v) is 24.3. The van der Waals surface area contributed by atoms with Crippen molar-refractivity contribution in [1.82, 2.24) is 14.8 Å². The van der Waals surface area contributed by atoms with Gasteiger partial charge in [-0.25, -0.2) is 0 Å². The topological polar surface area (TPSA) is 79.8 Å². The summed E-state index contributed by atoms with van der Waals surface area (Å²) in [7, 11) is 0. The van der Waals surface area contributed by atoms with Gasteiger partial charge in [0.15, 0.2) is 0 Å². The van der Waals surface area contributed by atoms with Crippen molar-refractivity contribution in [2.24, 2.45) is 0 Å². The van der Waals surface area contributed by atoms with E-state index in [4.69, 9.17) is 11.6 Å². The Morgan fingerprint density at radius 2 is 1.78 bits per heavy atom. The highest BCUT2D eigenvalue weighted by Gasteiger charge is 2.32. The maximum Gasteiger partial charge on any atom is 0.416 e. The Morgan fingerprint density at radius 1 is 1.05 bits per heavy atom. The molecule has 1 atom stereocenters. The van der Waals surface area contributed by atoms with Crippen LogP contribution in [0.5, 0.6) is 5.75 Å². The number of aromatic amines is 1. The van der Waals surface area contributed by atoms with Crippen molar-refractivity contribution < 1.29 is 23.4 Å². The molecule has 1 unspecified atom stereocenters. The van der Waals surface area contributed by atoms with Crippen LogP contribution in [0.15, 0.2) is 46.1 Å². The number of rotatable bonds is 8. The summed E-state index contributed by atoms with van der Waals surface area (Å²) in [6.45, 7) is 5.11. The molecule has 0 radical (unpaired) electrons. The lowest BCUT2D eigenvalue weighted by atomic mass is 9.98. The summed E-state index contributed by atoms with van der Waals surface area (Å²) in [5, 5.41) is 21.9. The van der Waals surface area contributed by atoms with Gasteiger partial charge in [0, 0.05) is 45.4 Å². The highest BCUT2D eigenvalue weighted by molar-refractivity contribution is 7.99. The number of alkyl halides is 3. The molecular formula is C30H35ClF3N3O3S. The van der Waals surface area contributed by atoms with Gasteiger partial charge < -0.3 is 25.0 Å². The number of nitrogens with zero attached hydrogens (tertiary/aromatic N) is 2. The van der Waals surface area contributed by atoms with Gasteiger partial charge >= 0.3 is 6.18 Å². The molecule has 0 spiro atoms. The third-order valence-electron chi connectivity index (χ3n) is 8.19. The lowest BCUT2D eigenvalue weighted by Crippen LogP contribution is -2.47. The standard InChI is InChI=1S/C30H35ClF3N3O3S/c31-20-5-7-26(39)24(17-20)27-23-16-19(30(32,33)34)4-6-25(23)35-29(40)28(27)41-18-22(38)10-15-36-13-8-21(9-14-36)37-11-2-1-3-12-37/h4-7,16-17,21-22,38-39H,1-3,8-15,18H2,(H,35,40). The third-order valence-corrected chi connectivity index (χ3v) is 9.65. The molecule has 3 heterocycles. The second kappa shape index (κ2) is 13.0. The average molecular weight is 610 g/mol. The molecule has 2 aromatic carbocycles. The van der Waals surface area contributed by atoms with E-state index in [1.54, 1.807) is 0 Å². The van der Waals surface area contributed by atoms with E-state index in [9.17, 15) is 28.2 Å². The first kappa shape index (κ1) is 30.2. The minimum atomic E-state index is -4.59. The Morgan fingerprint density at radius 3 is 2.49 bits per heavy atom. The molecule has 2 aliphatic rings. The van der Waals surface area contributed by atoms with Crippen LogP contribution in [-0.2, 0) is 6.18 Å². The first-order chi connectivity index (χ1) is 19.6. The van der Waals surface area contributed by atoms with Crippen LogP contribution >= 0.6 is 23.4 Å². The number of H-pyrrole nitrogens is 1. The molecule has 5 rings (SSSR count). The number of hydrogen-bond donors (Lipinski definition) is 3. The average Bonchev–Trinajstić information content (AvgIpc) is 2.96. The van der Waals surface area contributed by atoms with E-state index in [0.717, 1.165) is 56.4 Å². The fourth-order valence-corrected chi connectivity index (χ4v) is 7.20. The van der Waals surface area contributed by atoms with Crippen LogP contribution in [-0.4, -0.2) is 75.6 Å². The van der Waals surface area contributed by atoms with Crippen molar-refractivity contribution in [2.75, 3.05) is 38.5 Å². The molecule has 2 aliphatic heterocycles. The number of aromatic hydroxyl groups is 1. The number of phenolic OH excluding ortho intramolecular Hbond substituents is 1. The Kier molecular flexibility index (Phi) is 9.55. The van der Waals surface area contributed by atoms with Gasteiger partial charge in [-0.05, 0) is 94.7 Å². The van der Waals surface area contributed by atoms with E-state index in [1.807, 2.05) is 0 Å². The molecular weight excluding hydrogens is 575 g/mol. The van der Waals surface area contributed by atoms with Crippen LogP contribution in [0.4, 0.5) is 13.2 Å². The molecule has 6 nitrogen and oxygen atoms in total. The molecule has 3 aromatic rings. The molecule has 3 N–H and O–H groups in total. The van der Waals surface area contributed by atoms with E-state index >= 15 is 0 Å². The highest BCUT2D eigenvalue weighted by Crippen LogP contribution is 2.42. The fourth-order valence-electron chi connectivity index (χ4n) is 5.95. The summed E-state index contributed by atoms with van der Waals surface area (Å²) >= 11 is 7.25. The first-order valence-corrected chi connectivity index (χ1v) is 15.5. The van der Waals surface area contributed by atoms with Crippen LogP contribution < -0.4 is 5.56 Å². The smallest absolute Gasteiger partial charge is 0.416 e. The molecule has 2 saturated heterocycles. The van der Waals surface area contributed by atoms with Gasteiger partial charge in [-0.15, -0.1) is 11.8 Å². The zero-order valence-electron chi connectivity index (χ0n) is 22.7. The number of benzene rings is 2. The van der Waals surface area contributed by atoms with Gasteiger partial charge in [-0.3, -0.25) is 4.79 Å². The maximum absolute atomic E-state index is 13.6. The predicted octanol–water partition coefficient (Wildman–Crippen LogP) is 6.37. The number of aromatic nitrogens is 1. The molecule has 41 heavy (non-hydrogen) atoms. The Bertz CT molecular complexity index is 1420. The van der Waals surface area contributed by atoms with Crippen molar-refractivity contribution in [3.8, 4) is 16.9 Å². The van der Waals surface area contributed by atoms with Gasteiger partial charge in [0.1, 0.15) is 5.75 Å². The lowest BCUT2D eigenvalue weighted by molar-refractivity contribution is -0.137. The number of nitrogens with one attached hydrogen (secondary N) is 1. The van der Waals surface area contributed by atoms with Crippen molar-refractivity contribution in [3.63, 3.8) is 0 Å². The number of fused-ring (bicyclic) bond motifs is 1. The summed E-state index contributed by atoms with van der Waals surface area (Å²) in [6, 6.07) is 7.97. The molecule has 2 fully saturated rings. The number of halogens is 4. The van der Waals surface area contributed by atoms with Crippen LogP contribution in [0.1, 0.15) is 44.1 Å². The summed E-state index contributed by atoms with van der Waals surface area (Å²) in [6.07, 6.45) is 1.35. The molecule has 0 bridgehead atoms. The van der Waals surface area contributed by atoms with E-state index in [2.05, 4.69) is 14.8 Å². The summed E-state index contributed by atoms with van der Waals surface area (Å²) in [4.78, 5) is 21.0. The Balaban J connectivity index is 1.31. The predicted molar refractivity (Wildman–Crippen MR) is 158 cm³/mol. The molecule has 0 saturated carbocycles. The third kappa shape index (κ3) is 7.22. The number of hydrogen-bond acceptors (Lipinski definition) is 6. The molecule has 222 valence electrons. The van der Waals surface area contributed by atoms with E-state index in [1.165, 1.54) is 56.6 Å². The monoisotopic (exact) mass is 609 g/mol. The SMILES string of the molecule is O=c1[nH]c2ccc(C(F)(F)F)cc2c(-c2cc(Cl)ccc2O)c1SCC(O)CCN1CCC(N2CCCCC2)CC1. The van der Waals surface area contributed by atoms with Crippen LogP contribution in [0.3, 0.4) is 0 Å². The molecule has 0 aliphatic carbocycles. The number of aliphatic hydroxyl groups is 1. The maximum atomic E-state index is 13.6. The van der Waals surface area contributed by atoms with Crippen LogP contribution in [0, 0.1) is 0 Å². The zero-order chi connectivity index (χ0) is 29.1. The van der Waals surface area contributed by atoms with E-state index in [0.29, 0.717) is 12.5 Å². The first-order valence-electron chi connectivity index (χ1n) is 14.1. The van der Waals surface area contributed by atoms with Crippen molar-refractivity contribution >= 4 is 34.3 Å². The van der Waals surface area contributed by atoms with Gasteiger partial charge in [0.2, 0.25) is 0 Å². The summed E-state index contributed by atoms with van der Waals surface area (Å²) < 4.78 is 40.8. The number of phenols is 1. The van der Waals surface area contributed by atoms with Crippen molar-refractivity contribution in [1.29, 1.82) is 0 Å². The van der Waals surface area contributed by atoms with E-state index < -0.39 is 23.4 Å². The van der Waals surface area contributed by atoms with Crippen LogP contribution in [0.2, 0.25) is 5.02 Å². The number of thioether (sulfide) groups is 1. The van der Waals surface area contributed by atoms with Crippen molar-refractivity contribution in [3.05, 3.63) is 57.3 Å². The largest absolute Gasteiger partial charge is 0.507 e. The summed E-state index contributed by atoms with van der Waals surface area (Å²) in [5.74, 6) is -0.0411. The van der Waals surface area contributed by atoms with Gasteiger partial charge in [-0.2, -0.15) is 13.2 Å². The molecule has 1 aromatic heterocycles. The minimum absolute atomic E-state index is 0.121. The quantitative estimate of drug-likeness (QED) is 0.258. The second-order valence-corrected chi connectivity index (χ2v) is 12.5.